The summed E-state index contributed by atoms with van der Waals surface area (Å²) in [5, 5.41) is 2.91. The van der Waals surface area contributed by atoms with Crippen molar-refractivity contribution in [3.8, 4) is 5.82 Å². The SMILES string of the molecule is CCOC(=O)c1ccccc1NC(=O)C1CCN(c2cc(-n3ccnc3)ncn2)CC1. The van der Waals surface area contributed by atoms with Crippen molar-refractivity contribution >= 4 is 23.4 Å². The Kier molecular flexibility index (Phi) is 6.21. The molecule has 160 valence electrons. The molecular formula is C22H24N6O3. The van der Waals surface area contributed by atoms with Crippen molar-refractivity contribution in [1.82, 2.24) is 19.5 Å². The maximum absolute atomic E-state index is 12.8. The molecule has 1 fully saturated rings. The number of piperidine rings is 1. The second-order valence-corrected chi connectivity index (χ2v) is 7.22. The van der Waals surface area contributed by atoms with Crippen LogP contribution in [-0.2, 0) is 9.53 Å². The number of nitrogens with zero attached hydrogens (tertiary/aromatic N) is 5. The quantitative estimate of drug-likeness (QED) is 0.612. The second kappa shape index (κ2) is 9.38. The van der Waals surface area contributed by atoms with Crippen molar-refractivity contribution in [3.05, 3.63) is 60.9 Å². The molecule has 9 nitrogen and oxygen atoms in total. The van der Waals surface area contributed by atoms with Crippen LogP contribution in [0.15, 0.2) is 55.4 Å². The minimum Gasteiger partial charge on any atom is -0.462 e. The zero-order valence-corrected chi connectivity index (χ0v) is 17.3. The van der Waals surface area contributed by atoms with E-state index in [1.165, 1.54) is 6.33 Å². The first-order valence-electron chi connectivity index (χ1n) is 10.3. The number of carbonyl (C=O) groups excluding carboxylic acids is 2. The minimum atomic E-state index is -0.439. The number of ether oxygens (including phenoxy) is 1. The first kappa shape index (κ1) is 20.5. The highest BCUT2D eigenvalue weighted by Gasteiger charge is 2.27. The highest BCUT2D eigenvalue weighted by molar-refractivity contribution is 6.01. The molecule has 4 rings (SSSR count). The number of aromatic nitrogens is 4. The molecular weight excluding hydrogens is 396 g/mol. The van der Waals surface area contributed by atoms with Crippen LogP contribution in [-0.4, -0.2) is 51.1 Å². The lowest BCUT2D eigenvalue weighted by molar-refractivity contribution is -0.120. The number of anilines is 2. The average molecular weight is 420 g/mol. The molecule has 1 N–H and O–H groups in total. The Balaban J connectivity index is 1.38. The first-order valence-corrected chi connectivity index (χ1v) is 10.3. The Labute approximate surface area is 180 Å². The van der Waals surface area contributed by atoms with Gasteiger partial charge in [0.15, 0.2) is 0 Å². The Bertz CT molecular complexity index is 1040. The number of para-hydroxylation sites is 1. The molecule has 3 aromatic rings. The third-order valence-electron chi connectivity index (χ3n) is 5.28. The summed E-state index contributed by atoms with van der Waals surface area (Å²) in [4.78, 5) is 39.8. The molecule has 3 heterocycles. The molecule has 1 aliphatic rings. The normalized spacial score (nSPS) is 14.3. The van der Waals surface area contributed by atoms with E-state index in [-0.39, 0.29) is 18.4 Å². The summed E-state index contributed by atoms with van der Waals surface area (Å²) in [6.45, 7) is 3.45. The van der Waals surface area contributed by atoms with Gasteiger partial charge in [0.1, 0.15) is 24.3 Å². The summed E-state index contributed by atoms with van der Waals surface area (Å²) in [5.41, 5.74) is 0.845. The van der Waals surface area contributed by atoms with E-state index < -0.39 is 5.97 Å². The number of amides is 1. The van der Waals surface area contributed by atoms with Crippen LogP contribution in [0, 0.1) is 5.92 Å². The largest absolute Gasteiger partial charge is 0.462 e. The lowest BCUT2D eigenvalue weighted by atomic mass is 9.95. The summed E-state index contributed by atoms with van der Waals surface area (Å²) in [6, 6.07) is 8.83. The molecule has 1 aliphatic heterocycles. The van der Waals surface area contributed by atoms with Gasteiger partial charge in [0.2, 0.25) is 5.91 Å². The Morgan fingerprint density at radius 1 is 1.16 bits per heavy atom. The fraction of sp³-hybridized carbons (Fsp3) is 0.318. The average Bonchev–Trinajstić information content (AvgIpc) is 3.35. The first-order chi connectivity index (χ1) is 15.2. The van der Waals surface area contributed by atoms with Crippen LogP contribution in [0.25, 0.3) is 5.82 Å². The summed E-state index contributed by atoms with van der Waals surface area (Å²) >= 11 is 0. The van der Waals surface area contributed by atoms with E-state index in [0.717, 1.165) is 11.6 Å². The molecule has 0 unspecified atom stereocenters. The predicted octanol–water partition coefficient (Wildman–Crippen LogP) is 2.69. The van der Waals surface area contributed by atoms with Crippen LogP contribution in [0.3, 0.4) is 0 Å². The van der Waals surface area contributed by atoms with Gasteiger partial charge < -0.3 is 15.0 Å². The summed E-state index contributed by atoms with van der Waals surface area (Å²) < 4.78 is 6.91. The number of nitrogens with one attached hydrogen (secondary N) is 1. The van der Waals surface area contributed by atoms with Gasteiger partial charge in [-0.15, -0.1) is 0 Å². The molecule has 1 amide bonds. The van der Waals surface area contributed by atoms with E-state index in [1.54, 1.807) is 43.7 Å². The van der Waals surface area contributed by atoms with Crippen molar-refractivity contribution < 1.29 is 14.3 Å². The number of carbonyl (C=O) groups is 2. The van der Waals surface area contributed by atoms with E-state index in [0.29, 0.717) is 37.2 Å². The molecule has 0 radical (unpaired) electrons. The number of imidazole rings is 1. The maximum atomic E-state index is 12.8. The second-order valence-electron chi connectivity index (χ2n) is 7.22. The number of benzene rings is 1. The molecule has 0 atom stereocenters. The molecule has 0 spiro atoms. The zero-order valence-electron chi connectivity index (χ0n) is 17.3. The molecule has 0 bridgehead atoms. The molecule has 9 heteroatoms. The van der Waals surface area contributed by atoms with Crippen LogP contribution >= 0.6 is 0 Å². The predicted molar refractivity (Wildman–Crippen MR) is 115 cm³/mol. The molecule has 0 saturated carbocycles. The molecule has 0 aliphatic carbocycles. The lowest BCUT2D eigenvalue weighted by Crippen LogP contribution is -2.38. The molecule has 31 heavy (non-hydrogen) atoms. The number of esters is 1. The van der Waals surface area contributed by atoms with Gasteiger partial charge in [-0.1, -0.05) is 12.1 Å². The summed E-state index contributed by atoms with van der Waals surface area (Å²) in [5.74, 6) is 0.911. The standard InChI is InChI=1S/C22H24N6O3/c1-2-31-22(30)17-5-3-4-6-18(17)26-21(29)16-7-10-27(11-8-16)19-13-20(25-14-24-19)28-12-9-23-15-28/h3-6,9,12-16H,2,7-8,10-11H2,1H3,(H,26,29). The minimum absolute atomic E-state index is 0.0850. The highest BCUT2D eigenvalue weighted by Crippen LogP contribution is 2.25. The summed E-state index contributed by atoms with van der Waals surface area (Å²) in [6.07, 6.45) is 8.14. The molecule has 2 aromatic heterocycles. The van der Waals surface area contributed by atoms with Crippen molar-refractivity contribution in [3.63, 3.8) is 0 Å². The van der Waals surface area contributed by atoms with Crippen LogP contribution in [0.2, 0.25) is 0 Å². The van der Waals surface area contributed by atoms with Gasteiger partial charge in [0.05, 0.1) is 17.9 Å². The highest BCUT2D eigenvalue weighted by atomic mass is 16.5. The van der Waals surface area contributed by atoms with Gasteiger partial charge in [-0.2, -0.15) is 0 Å². The Hall–Kier alpha value is -3.75. The van der Waals surface area contributed by atoms with E-state index in [9.17, 15) is 9.59 Å². The Morgan fingerprint density at radius 3 is 2.68 bits per heavy atom. The van der Waals surface area contributed by atoms with Gasteiger partial charge in [0.25, 0.3) is 0 Å². The summed E-state index contributed by atoms with van der Waals surface area (Å²) in [7, 11) is 0. The van der Waals surface area contributed by atoms with Gasteiger partial charge in [-0.25, -0.2) is 19.7 Å². The van der Waals surface area contributed by atoms with Crippen LogP contribution in [0.1, 0.15) is 30.1 Å². The van der Waals surface area contributed by atoms with Crippen LogP contribution in [0.5, 0.6) is 0 Å². The number of hydrogen-bond donors (Lipinski definition) is 1. The fourth-order valence-electron chi connectivity index (χ4n) is 3.63. The van der Waals surface area contributed by atoms with Crippen LogP contribution < -0.4 is 10.2 Å². The Morgan fingerprint density at radius 2 is 1.94 bits per heavy atom. The van der Waals surface area contributed by atoms with Gasteiger partial charge in [-0.05, 0) is 31.9 Å². The van der Waals surface area contributed by atoms with E-state index >= 15 is 0 Å². The van der Waals surface area contributed by atoms with Gasteiger partial charge >= 0.3 is 5.97 Å². The van der Waals surface area contributed by atoms with E-state index in [1.807, 2.05) is 16.8 Å². The monoisotopic (exact) mass is 420 g/mol. The third-order valence-corrected chi connectivity index (χ3v) is 5.28. The van der Waals surface area contributed by atoms with Gasteiger partial charge in [-0.3, -0.25) is 9.36 Å². The van der Waals surface area contributed by atoms with Crippen molar-refractivity contribution in [2.75, 3.05) is 29.9 Å². The number of rotatable bonds is 6. The number of hydrogen-bond acceptors (Lipinski definition) is 7. The van der Waals surface area contributed by atoms with Crippen molar-refractivity contribution in [1.29, 1.82) is 0 Å². The smallest absolute Gasteiger partial charge is 0.340 e. The van der Waals surface area contributed by atoms with Gasteiger partial charge in [0, 0.05) is 37.5 Å². The molecule has 1 aromatic carbocycles. The zero-order chi connectivity index (χ0) is 21.6. The van der Waals surface area contributed by atoms with E-state index in [2.05, 4.69) is 25.2 Å². The lowest BCUT2D eigenvalue weighted by Gasteiger charge is -2.32. The molecule has 1 saturated heterocycles. The van der Waals surface area contributed by atoms with E-state index in [4.69, 9.17) is 4.74 Å². The van der Waals surface area contributed by atoms with Crippen LogP contribution in [0.4, 0.5) is 11.5 Å². The topological polar surface area (TPSA) is 102 Å². The maximum Gasteiger partial charge on any atom is 0.340 e. The fourth-order valence-corrected chi connectivity index (χ4v) is 3.63. The van der Waals surface area contributed by atoms with Crippen molar-refractivity contribution in [2.24, 2.45) is 5.92 Å². The van der Waals surface area contributed by atoms with Crippen molar-refractivity contribution in [2.45, 2.75) is 19.8 Å². The third kappa shape index (κ3) is 4.71.